The highest BCUT2D eigenvalue weighted by molar-refractivity contribution is 6.07. The normalized spacial score (nSPS) is 21.9. The van der Waals surface area contributed by atoms with Crippen molar-refractivity contribution in [2.75, 3.05) is 62.7 Å². The lowest BCUT2D eigenvalue weighted by Gasteiger charge is -2.32. The Labute approximate surface area is 235 Å². The summed E-state index contributed by atoms with van der Waals surface area (Å²) < 4.78 is 5.39. The topological polar surface area (TPSA) is 133 Å². The van der Waals surface area contributed by atoms with Crippen LogP contribution in [0.3, 0.4) is 0 Å². The maximum absolute atomic E-state index is 13.2. The van der Waals surface area contributed by atoms with Gasteiger partial charge in [0.15, 0.2) is 0 Å². The van der Waals surface area contributed by atoms with Gasteiger partial charge < -0.3 is 35.8 Å². The number of rotatable bonds is 5. The van der Waals surface area contributed by atoms with E-state index < -0.39 is 0 Å². The molecule has 1 aliphatic carbocycles. The van der Waals surface area contributed by atoms with Crippen molar-refractivity contribution in [3.8, 4) is 0 Å². The lowest BCUT2D eigenvalue weighted by Crippen LogP contribution is -2.49. The number of anilines is 2. The molecule has 2 aromatic rings. The first-order valence-electron chi connectivity index (χ1n) is 14.3. The van der Waals surface area contributed by atoms with Crippen LogP contribution in [-0.4, -0.2) is 97.2 Å². The molecule has 0 atom stereocenters. The fraction of sp³-hybridized carbons (Fsp3) is 0.517. The Kier molecular flexibility index (Phi) is 9.12. The van der Waals surface area contributed by atoms with Crippen molar-refractivity contribution < 1.29 is 19.1 Å². The zero-order valence-electron chi connectivity index (χ0n) is 22.9. The number of aromatic nitrogens is 1. The van der Waals surface area contributed by atoms with Crippen LogP contribution in [-0.2, 0) is 4.74 Å². The third-order valence-corrected chi connectivity index (χ3v) is 7.93. The Morgan fingerprint density at radius 2 is 1.65 bits per heavy atom. The molecule has 40 heavy (non-hydrogen) atoms. The number of hydrogen-bond donors (Lipinski definition) is 3. The van der Waals surface area contributed by atoms with Gasteiger partial charge in [0, 0.05) is 69.3 Å². The number of hydrogen-bond acceptors (Lipinski definition) is 7. The van der Waals surface area contributed by atoms with Gasteiger partial charge in [0.05, 0.1) is 30.2 Å². The molecular weight excluding hydrogens is 510 g/mol. The van der Waals surface area contributed by atoms with Gasteiger partial charge in [-0.2, -0.15) is 0 Å². The van der Waals surface area contributed by atoms with Crippen LogP contribution in [0.25, 0.3) is 0 Å². The molecule has 1 aromatic carbocycles. The first-order chi connectivity index (χ1) is 19.5. The van der Waals surface area contributed by atoms with Gasteiger partial charge in [-0.05, 0) is 62.4 Å². The predicted molar refractivity (Wildman–Crippen MR) is 153 cm³/mol. The molecule has 0 radical (unpaired) electrons. The first-order valence-corrected chi connectivity index (χ1v) is 14.3. The predicted octanol–water partition coefficient (Wildman–Crippen LogP) is 2.30. The minimum absolute atomic E-state index is 0.0472. The van der Waals surface area contributed by atoms with Crippen LogP contribution in [0.1, 0.15) is 52.8 Å². The Balaban J connectivity index is 1.33. The number of ether oxygens (including phenoxy) is 1. The van der Waals surface area contributed by atoms with E-state index in [4.69, 9.17) is 10.5 Å². The van der Waals surface area contributed by atoms with E-state index in [2.05, 4.69) is 20.5 Å². The highest BCUT2D eigenvalue weighted by Crippen LogP contribution is 2.29. The second-order valence-electron chi connectivity index (χ2n) is 10.7. The van der Waals surface area contributed by atoms with E-state index in [1.807, 2.05) is 15.9 Å². The lowest BCUT2D eigenvalue weighted by molar-refractivity contribution is 0.0438. The van der Waals surface area contributed by atoms with Crippen molar-refractivity contribution in [3.05, 3.63) is 53.9 Å². The largest absolute Gasteiger partial charge is 0.378 e. The summed E-state index contributed by atoms with van der Waals surface area (Å²) >= 11 is 0. The fourth-order valence-electron chi connectivity index (χ4n) is 5.58. The highest BCUT2D eigenvalue weighted by atomic mass is 16.5. The third kappa shape index (κ3) is 6.89. The van der Waals surface area contributed by atoms with E-state index in [1.165, 1.54) is 6.20 Å². The Morgan fingerprint density at radius 1 is 0.875 bits per heavy atom. The number of carbonyl (C=O) groups is 3. The van der Waals surface area contributed by atoms with Crippen molar-refractivity contribution in [1.29, 1.82) is 0 Å². The van der Waals surface area contributed by atoms with E-state index in [1.54, 1.807) is 30.5 Å². The van der Waals surface area contributed by atoms with Gasteiger partial charge in [-0.1, -0.05) is 0 Å². The Morgan fingerprint density at radius 3 is 2.40 bits per heavy atom. The standard InChI is InChI=1S/C29H39N7O4/c30-23-5-7-24(8-6-23)32-27(37)21-4-9-26(25(19-21)33-28(38)22-3-1-10-31-20-22)34-11-2-12-35(14-13-34)29(39)36-15-17-40-18-16-36/h1,3-4,9-10,19-20,23-24H,2,5-8,11-18,30H2,(H,32,37)(H,33,38). The Bertz CT molecular complexity index is 1180. The smallest absolute Gasteiger partial charge is 0.320 e. The van der Waals surface area contributed by atoms with Crippen molar-refractivity contribution >= 4 is 29.2 Å². The molecule has 3 heterocycles. The zero-order valence-corrected chi connectivity index (χ0v) is 22.9. The minimum atomic E-state index is -0.299. The van der Waals surface area contributed by atoms with Gasteiger partial charge in [-0.3, -0.25) is 14.6 Å². The summed E-state index contributed by atoms with van der Waals surface area (Å²) in [7, 11) is 0. The zero-order chi connectivity index (χ0) is 27.9. The summed E-state index contributed by atoms with van der Waals surface area (Å²) in [6.45, 7) is 4.92. The van der Waals surface area contributed by atoms with Gasteiger partial charge in [0.1, 0.15) is 0 Å². The van der Waals surface area contributed by atoms with Gasteiger partial charge in [0.25, 0.3) is 11.8 Å². The molecular formula is C29H39N7O4. The van der Waals surface area contributed by atoms with Gasteiger partial charge in [0.2, 0.25) is 0 Å². The molecule has 11 heteroatoms. The molecule has 5 rings (SSSR count). The molecule has 214 valence electrons. The van der Waals surface area contributed by atoms with Crippen molar-refractivity contribution in [1.82, 2.24) is 20.1 Å². The number of carbonyl (C=O) groups excluding carboxylic acids is 3. The molecule has 4 N–H and O–H groups in total. The van der Waals surface area contributed by atoms with E-state index in [0.29, 0.717) is 62.8 Å². The number of amides is 4. The maximum atomic E-state index is 13.2. The molecule has 3 fully saturated rings. The number of pyridine rings is 1. The summed E-state index contributed by atoms with van der Waals surface area (Å²) in [6, 6.07) is 9.21. The van der Waals surface area contributed by atoms with Crippen LogP contribution in [0.15, 0.2) is 42.7 Å². The summed E-state index contributed by atoms with van der Waals surface area (Å²) in [5.74, 6) is -0.464. The molecule has 0 spiro atoms. The summed E-state index contributed by atoms with van der Waals surface area (Å²) in [5, 5.41) is 6.15. The monoisotopic (exact) mass is 549 g/mol. The number of benzene rings is 1. The molecule has 0 bridgehead atoms. The number of morpholine rings is 1. The van der Waals surface area contributed by atoms with E-state index in [-0.39, 0.29) is 29.9 Å². The molecule has 2 saturated heterocycles. The number of nitrogens with zero attached hydrogens (tertiary/aromatic N) is 4. The molecule has 3 aliphatic rings. The molecule has 11 nitrogen and oxygen atoms in total. The maximum Gasteiger partial charge on any atom is 0.320 e. The molecule has 0 unspecified atom stereocenters. The van der Waals surface area contributed by atoms with Crippen molar-refractivity contribution in [2.45, 2.75) is 44.2 Å². The molecule has 4 amide bonds. The SMILES string of the molecule is NC1CCC(NC(=O)c2ccc(N3CCCN(C(=O)N4CCOCC4)CC3)c(NC(=O)c3cccnc3)c2)CC1. The highest BCUT2D eigenvalue weighted by Gasteiger charge is 2.27. The van der Waals surface area contributed by atoms with Crippen LogP contribution in [0, 0.1) is 0 Å². The quantitative estimate of drug-likeness (QED) is 0.521. The Hall–Kier alpha value is -3.70. The van der Waals surface area contributed by atoms with E-state index >= 15 is 0 Å². The van der Waals surface area contributed by atoms with E-state index in [9.17, 15) is 14.4 Å². The van der Waals surface area contributed by atoms with Crippen LogP contribution >= 0.6 is 0 Å². The van der Waals surface area contributed by atoms with Crippen LogP contribution in [0.2, 0.25) is 0 Å². The number of urea groups is 1. The van der Waals surface area contributed by atoms with Crippen LogP contribution < -0.4 is 21.3 Å². The van der Waals surface area contributed by atoms with Crippen LogP contribution in [0.5, 0.6) is 0 Å². The summed E-state index contributed by atoms with van der Waals surface area (Å²) in [6.07, 6.45) is 7.45. The lowest BCUT2D eigenvalue weighted by atomic mass is 9.91. The summed E-state index contributed by atoms with van der Waals surface area (Å²) in [5.41, 5.74) is 8.31. The van der Waals surface area contributed by atoms with Gasteiger partial charge in [-0.15, -0.1) is 0 Å². The minimum Gasteiger partial charge on any atom is -0.378 e. The second kappa shape index (κ2) is 13.1. The molecule has 1 aromatic heterocycles. The molecule has 2 aliphatic heterocycles. The average molecular weight is 550 g/mol. The average Bonchev–Trinajstić information content (AvgIpc) is 3.25. The number of nitrogens with two attached hydrogens (primary N) is 1. The van der Waals surface area contributed by atoms with E-state index in [0.717, 1.165) is 44.3 Å². The van der Waals surface area contributed by atoms with Crippen molar-refractivity contribution in [3.63, 3.8) is 0 Å². The fourth-order valence-corrected chi connectivity index (χ4v) is 5.58. The van der Waals surface area contributed by atoms with Gasteiger partial charge in [-0.25, -0.2) is 4.79 Å². The van der Waals surface area contributed by atoms with Crippen molar-refractivity contribution in [2.24, 2.45) is 5.73 Å². The van der Waals surface area contributed by atoms with Gasteiger partial charge >= 0.3 is 6.03 Å². The summed E-state index contributed by atoms with van der Waals surface area (Å²) in [4.78, 5) is 49.4. The first kappa shape index (κ1) is 27.9. The third-order valence-electron chi connectivity index (χ3n) is 7.93. The molecule has 1 saturated carbocycles. The number of nitrogens with one attached hydrogen (secondary N) is 2. The van der Waals surface area contributed by atoms with Crippen LogP contribution in [0.4, 0.5) is 16.2 Å². The second-order valence-corrected chi connectivity index (χ2v) is 10.7.